The SMILES string of the molecule is CN=C(NCc1sc(C)nc1C)N(C)Cc1ccccc1C. The number of hydrogen-bond acceptors (Lipinski definition) is 3. The van der Waals surface area contributed by atoms with Crippen LogP contribution in [0.5, 0.6) is 0 Å². The summed E-state index contributed by atoms with van der Waals surface area (Å²) in [5.74, 6) is 0.897. The third kappa shape index (κ3) is 4.07. The van der Waals surface area contributed by atoms with E-state index in [-0.39, 0.29) is 0 Å². The number of rotatable bonds is 4. The van der Waals surface area contributed by atoms with Crippen LogP contribution < -0.4 is 5.32 Å². The van der Waals surface area contributed by atoms with Crippen LogP contribution in [0.2, 0.25) is 0 Å². The van der Waals surface area contributed by atoms with E-state index in [1.165, 1.54) is 16.0 Å². The number of thiazole rings is 1. The Labute approximate surface area is 136 Å². The normalized spacial score (nSPS) is 11.6. The monoisotopic (exact) mass is 316 g/mol. The summed E-state index contributed by atoms with van der Waals surface area (Å²) in [6.45, 7) is 7.85. The molecule has 0 spiro atoms. The third-order valence-corrected chi connectivity index (χ3v) is 4.72. The summed E-state index contributed by atoms with van der Waals surface area (Å²) in [6, 6.07) is 8.45. The zero-order valence-corrected chi connectivity index (χ0v) is 14.8. The second kappa shape index (κ2) is 7.40. The molecule has 1 aromatic carbocycles. The lowest BCUT2D eigenvalue weighted by atomic mass is 10.1. The molecule has 0 saturated heterocycles. The molecule has 0 radical (unpaired) electrons. The van der Waals surface area contributed by atoms with Crippen molar-refractivity contribution >= 4 is 17.3 Å². The maximum absolute atomic E-state index is 4.46. The largest absolute Gasteiger partial charge is 0.351 e. The summed E-state index contributed by atoms with van der Waals surface area (Å²) in [5, 5.41) is 4.53. The van der Waals surface area contributed by atoms with Crippen LogP contribution >= 0.6 is 11.3 Å². The number of benzene rings is 1. The topological polar surface area (TPSA) is 40.5 Å². The van der Waals surface area contributed by atoms with Crippen molar-refractivity contribution in [3.63, 3.8) is 0 Å². The lowest BCUT2D eigenvalue weighted by Gasteiger charge is -2.22. The predicted octanol–water partition coefficient (Wildman–Crippen LogP) is 3.28. The van der Waals surface area contributed by atoms with Gasteiger partial charge in [-0.25, -0.2) is 4.98 Å². The van der Waals surface area contributed by atoms with Gasteiger partial charge in [0.05, 0.1) is 17.2 Å². The van der Waals surface area contributed by atoms with Gasteiger partial charge in [-0.3, -0.25) is 4.99 Å². The molecule has 0 aliphatic carbocycles. The molecule has 1 N–H and O–H groups in total. The number of hydrogen-bond donors (Lipinski definition) is 1. The van der Waals surface area contributed by atoms with E-state index in [1.54, 1.807) is 11.3 Å². The Balaban J connectivity index is 1.99. The predicted molar refractivity (Wildman–Crippen MR) is 94.4 cm³/mol. The zero-order valence-electron chi connectivity index (χ0n) is 14.0. The van der Waals surface area contributed by atoms with Crippen LogP contribution in [-0.4, -0.2) is 29.9 Å². The minimum atomic E-state index is 0.766. The minimum Gasteiger partial charge on any atom is -0.351 e. The summed E-state index contributed by atoms with van der Waals surface area (Å²) >= 11 is 1.74. The molecule has 0 fully saturated rings. The van der Waals surface area contributed by atoms with Gasteiger partial charge in [-0.15, -0.1) is 11.3 Å². The van der Waals surface area contributed by atoms with Crippen LogP contribution in [0.25, 0.3) is 0 Å². The van der Waals surface area contributed by atoms with E-state index in [0.717, 1.165) is 29.8 Å². The van der Waals surface area contributed by atoms with Crippen LogP contribution in [0.15, 0.2) is 29.3 Å². The van der Waals surface area contributed by atoms with E-state index in [2.05, 4.69) is 65.4 Å². The van der Waals surface area contributed by atoms with E-state index in [0.29, 0.717) is 0 Å². The van der Waals surface area contributed by atoms with Gasteiger partial charge in [-0.05, 0) is 31.9 Å². The first-order valence-corrected chi connectivity index (χ1v) is 8.22. The van der Waals surface area contributed by atoms with Crippen molar-refractivity contribution in [3.8, 4) is 0 Å². The molecule has 22 heavy (non-hydrogen) atoms. The molecule has 118 valence electrons. The number of aromatic nitrogens is 1. The quantitative estimate of drug-likeness (QED) is 0.695. The number of aryl methyl sites for hydroxylation is 3. The second-order valence-electron chi connectivity index (χ2n) is 5.42. The van der Waals surface area contributed by atoms with Gasteiger partial charge in [0.1, 0.15) is 0 Å². The molecule has 0 amide bonds. The van der Waals surface area contributed by atoms with Crippen molar-refractivity contribution in [1.29, 1.82) is 0 Å². The number of nitrogens with zero attached hydrogens (tertiary/aromatic N) is 3. The van der Waals surface area contributed by atoms with Crippen LogP contribution in [0, 0.1) is 20.8 Å². The van der Waals surface area contributed by atoms with Crippen molar-refractivity contribution in [3.05, 3.63) is 51.0 Å². The van der Waals surface area contributed by atoms with Crippen LogP contribution in [0.1, 0.15) is 26.7 Å². The van der Waals surface area contributed by atoms with Crippen molar-refractivity contribution in [2.75, 3.05) is 14.1 Å². The summed E-state index contributed by atoms with van der Waals surface area (Å²) < 4.78 is 0. The molecule has 0 aliphatic rings. The van der Waals surface area contributed by atoms with Gasteiger partial charge in [0, 0.05) is 25.5 Å². The van der Waals surface area contributed by atoms with E-state index >= 15 is 0 Å². The molecule has 2 rings (SSSR count). The Morgan fingerprint density at radius 2 is 2.00 bits per heavy atom. The van der Waals surface area contributed by atoms with Crippen molar-refractivity contribution < 1.29 is 0 Å². The summed E-state index contributed by atoms with van der Waals surface area (Å²) in [6.07, 6.45) is 0. The average Bonchev–Trinajstić information content (AvgIpc) is 2.80. The zero-order chi connectivity index (χ0) is 16.1. The van der Waals surface area contributed by atoms with Crippen molar-refractivity contribution in [2.45, 2.75) is 33.9 Å². The highest BCUT2D eigenvalue weighted by Crippen LogP contribution is 2.16. The maximum atomic E-state index is 4.46. The highest BCUT2D eigenvalue weighted by atomic mass is 32.1. The molecule has 0 aliphatic heterocycles. The van der Waals surface area contributed by atoms with E-state index < -0.39 is 0 Å². The van der Waals surface area contributed by atoms with E-state index in [9.17, 15) is 0 Å². The van der Waals surface area contributed by atoms with E-state index in [1.807, 2.05) is 14.0 Å². The molecule has 1 heterocycles. The highest BCUT2D eigenvalue weighted by Gasteiger charge is 2.10. The molecule has 0 unspecified atom stereocenters. The number of aliphatic imine (C=N–C) groups is 1. The molecule has 0 atom stereocenters. The average molecular weight is 316 g/mol. The number of guanidine groups is 1. The molecule has 1 aromatic heterocycles. The Hall–Kier alpha value is -1.88. The molecular formula is C17H24N4S. The van der Waals surface area contributed by atoms with Gasteiger partial charge in [-0.2, -0.15) is 0 Å². The second-order valence-corrected chi connectivity index (χ2v) is 6.71. The lowest BCUT2D eigenvalue weighted by molar-refractivity contribution is 0.475. The van der Waals surface area contributed by atoms with Gasteiger partial charge < -0.3 is 10.2 Å². The summed E-state index contributed by atoms with van der Waals surface area (Å²) in [5.41, 5.74) is 3.73. The first-order chi connectivity index (χ1) is 10.5. The summed E-state index contributed by atoms with van der Waals surface area (Å²) in [7, 11) is 3.88. The molecule has 0 saturated carbocycles. The first-order valence-electron chi connectivity index (χ1n) is 7.40. The van der Waals surface area contributed by atoms with Gasteiger partial charge in [0.15, 0.2) is 5.96 Å². The van der Waals surface area contributed by atoms with Crippen LogP contribution in [0.3, 0.4) is 0 Å². The van der Waals surface area contributed by atoms with Gasteiger partial charge in [-0.1, -0.05) is 24.3 Å². The molecule has 2 aromatic rings. The minimum absolute atomic E-state index is 0.766. The lowest BCUT2D eigenvalue weighted by Crippen LogP contribution is -2.38. The van der Waals surface area contributed by atoms with Crippen molar-refractivity contribution in [2.24, 2.45) is 4.99 Å². The standard InChI is InChI=1S/C17H24N4S/c1-12-8-6-7-9-15(12)11-21(5)17(18-4)19-10-16-13(2)20-14(3)22-16/h6-9H,10-11H2,1-5H3,(H,18,19). The Morgan fingerprint density at radius 1 is 1.27 bits per heavy atom. The van der Waals surface area contributed by atoms with Gasteiger partial charge in [0.25, 0.3) is 0 Å². The van der Waals surface area contributed by atoms with Gasteiger partial charge in [0.2, 0.25) is 0 Å². The fraction of sp³-hybridized carbons (Fsp3) is 0.412. The van der Waals surface area contributed by atoms with E-state index in [4.69, 9.17) is 0 Å². The molecule has 4 nitrogen and oxygen atoms in total. The number of nitrogens with one attached hydrogen (secondary N) is 1. The molecular weight excluding hydrogens is 292 g/mol. The Bertz CT molecular complexity index is 660. The Morgan fingerprint density at radius 3 is 2.59 bits per heavy atom. The fourth-order valence-corrected chi connectivity index (χ4v) is 3.28. The summed E-state index contributed by atoms with van der Waals surface area (Å²) in [4.78, 5) is 12.3. The van der Waals surface area contributed by atoms with Crippen LogP contribution in [0.4, 0.5) is 0 Å². The Kier molecular flexibility index (Phi) is 5.55. The highest BCUT2D eigenvalue weighted by molar-refractivity contribution is 7.11. The fourth-order valence-electron chi connectivity index (χ4n) is 2.40. The molecule has 5 heteroatoms. The van der Waals surface area contributed by atoms with Gasteiger partial charge >= 0.3 is 0 Å². The smallest absolute Gasteiger partial charge is 0.193 e. The molecule has 0 bridgehead atoms. The first kappa shape index (κ1) is 16.5. The third-order valence-electron chi connectivity index (χ3n) is 3.65. The maximum Gasteiger partial charge on any atom is 0.193 e. The van der Waals surface area contributed by atoms with Crippen LogP contribution in [-0.2, 0) is 13.1 Å². The van der Waals surface area contributed by atoms with Crippen molar-refractivity contribution in [1.82, 2.24) is 15.2 Å².